The van der Waals surface area contributed by atoms with Crippen LogP contribution in [0.15, 0.2) is 30.6 Å². The van der Waals surface area contributed by atoms with Crippen LogP contribution in [0.25, 0.3) is 11.1 Å². The summed E-state index contributed by atoms with van der Waals surface area (Å²) >= 11 is 0. The molecule has 0 radical (unpaired) electrons. The quantitative estimate of drug-likeness (QED) is 0.766. The summed E-state index contributed by atoms with van der Waals surface area (Å²) in [5, 5.41) is 12.7. The van der Waals surface area contributed by atoms with Crippen molar-refractivity contribution in [2.45, 2.75) is 6.54 Å². The Morgan fingerprint density at radius 3 is 3.06 bits per heavy atom. The van der Waals surface area contributed by atoms with E-state index in [2.05, 4.69) is 5.10 Å². The van der Waals surface area contributed by atoms with Crippen molar-refractivity contribution in [3.05, 3.63) is 36.2 Å². The first-order chi connectivity index (χ1) is 8.78. The maximum absolute atomic E-state index is 10.7. The van der Waals surface area contributed by atoms with Gasteiger partial charge >= 0.3 is 0 Å². The summed E-state index contributed by atoms with van der Waals surface area (Å²) in [7, 11) is 1.55. The van der Waals surface area contributed by atoms with Crippen LogP contribution in [-0.2, 0) is 6.54 Å². The van der Waals surface area contributed by atoms with E-state index in [4.69, 9.17) is 10.00 Å². The van der Waals surface area contributed by atoms with Crippen molar-refractivity contribution < 1.29 is 9.53 Å². The van der Waals surface area contributed by atoms with Crippen molar-refractivity contribution in [1.82, 2.24) is 9.78 Å². The number of nitrogens with zero attached hydrogens (tertiary/aromatic N) is 3. The number of hydrogen-bond acceptors (Lipinski definition) is 4. The molecule has 2 rings (SSSR count). The number of ether oxygens (including phenoxy) is 1. The van der Waals surface area contributed by atoms with Gasteiger partial charge in [0.15, 0.2) is 0 Å². The molecule has 0 N–H and O–H groups in total. The number of aldehydes is 1. The molecule has 0 spiro atoms. The van der Waals surface area contributed by atoms with E-state index in [0.29, 0.717) is 11.3 Å². The molecule has 0 fully saturated rings. The van der Waals surface area contributed by atoms with Crippen LogP contribution in [0.5, 0.6) is 5.75 Å². The molecule has 0 amide bonds. The minimum atomic E-state index is 0.203. The second-order valence-electron chi connectivity index (χ2n) is 3.66. The molecule has 18 heavy (non-hydrogen) atoms. The second kappa shape index (κ2) is 5.15. The van der Waals surface area contributed by atoms with Gasteiger partial charge in [0.1, 0.15) is 18.6 Å². The maximum atomic E-state index is 10.7. The molecule has 1 aromatic carbocycles. The Balaban J connectivity index is 2.43. The average Bonchev–Trinajstić information content (AvgIpc) is 2.87. The lowest BCUT2D eigenvalue weighted by Gasteiger charge is -2.06. The first kappa shape index (κ1) is 11.9. The summed E-state index contributed by atoms with van der Waals surface area (Å²) in [5.41, 5.74) is 2.24. The van der Waals surface area contributed by atoms with Gasteiger partial charge in [-0.15, -0.1) is 0 Å². The Hall–Kier alpha value is -2.61. The van der Waals surface area contributed by atoms with Crippen LogP contribution < -0.4 is 4.74 Å². The van der Waals surface area contributed by atoms with Crippen LogP contribution in [0.1, 0.15) is 10.4 Å². The number of hydrogen-bond donors (Lipinski definition) is 0. The van der Waals surface area contributed by atoms with Gasteiger partial charge in [-0.25, -0.2) is 0 Å². The third-order valence-corrected chi connectivity index (χ3v) is 2.54. The molecule has 0 bridgehead atoms. The smallest absolute Gasteiger partial charge is 0.150 e. The molecule has 0 aliphatic carbocycles. The highest BCUT2D eigenvalue weighted by Crippen LogP contribution is 2.30. The van der Waals surface area contributed by atoms with Crippen molar-refractivity contribution in [2.24, 2.45) is 0 Å². The largest absolute Gasteiger partial charge is 0.496 e. The Morgan fingerprint density at radius 2 is 2.39 bits per heavy atom. The van der Waals surface area contributed by atoms with E-state index in [1.807, 2.05) is 6.07 Å². The first-order valence-electron chi connectivity index (χ1n) is 5.31. The van der Waals surface area contributed by atoms with Gasteiger partial charge in [0.2, 0.25) is 0 Å². The number of rotatable bonds is 4. The molecule has 0 saturated carbocycles. The zero-order chi connectivity index (χ0) is 13.0. The van der Waals surface area contributed by atoms with Crippen LogP contribution >= 0.6 is 0 Å². The third-order valence-electron chi connectivity index (χ3n) is 2.54. The van der Waals surface area contributed by atoms with Crippen LogP contribution in [0.3, 0.4) is 0 Å². The van der Waals surface area contributed by atoms with Crippen molar-refractivity contribution in [3.8, 4) is 22.9 Å². The predicted octanol–water partition coefficient (Wildman–Crippen LogP) is 1.89. The lowest BCUT2D eigenvalue weighted by Crippen LogP contribution is -1.94. The Labute approximate surface area is 104 Å². The van der Waals surface area contributed by atoms with Crippen molar-refractivity contribution in [3.63, 3.8) is 0 Å². The van der Waals surface area contributed by atoms with Crippen LogP contribution in [-0.4, -0.2) is 23.2 Å². The lowest BCUT2D eigenvalue weighted by atomic mass is 10.1. The van der Waals surface area contributed by atoms with Gasteiger partial charge in [-0.05, 0) is 12.1 Å². The number of nitriles is 1. The SMILES string of the molecule is COc1cc(C=O)ccc1-c1cnn(CC#N)c1. The normalized spacial score (nSPS) is 9.78. The number of carbonyl (C=O) groups is 1. The fourth-order valence-electron chi connectivity index (χ4n) is 1.68. The molecule has 0 saturated heterocycles. The monoisotopic (exact) mass is 241 g/mol. The highest BCUT2D eigenvalue weighted by molar-refractivity contribution is 5.80. The molecular formula is C13H11N3O2. The van der Waals surface area contributed by atoms with Gasteiger partial charge < -0.3 is 4.74 Å². The minimum Gasteiger partial charge on any atom is -0.496 e. The summed E-state index contributed by atoms with van der Waals surface area (Å²) < 4.78 is 6.79. The lowest BCUT2D eigenvalue weighted by molar-refractivity contribution is 0.112. The van der Waals surface area contributed by atoms with E-state index in [-0.39, 0.29) is 6.54 Å². The van der Waals surface area contributed by atoms with E-state index in [0.717, 1.165) is 17.4 Å². The fraction of sp³-hybridized carbons (Fsp3) is 0.154. The number of aromatic nitrogens is 2. The fourth-order valence-corrected chi connectivity index (χ4v) is 1.68. The van der Waals surface area contributed by atoms with E-state index in [1.165, 1.54) is 0 Å². The Kier molecular flexibility index (Phi) is 3.39. The highest BCUT2D eigenvalue weighted by Gasteiger charge is 2.09. The van der Waals surface area contributed by atoms with Crippen LogP contribution in [0.2, 0.25) is 0 Å². The molecule has 0 aliphatic rings. The second-order valence-corrected chi connectivity index (χ2v) is 3.66. The molecule has 90 valence electrons. The van der Waals surface area contributed by atoms with E-state index in [1.54, 1.807) is 42.4 Å². The molecule has 0 atom stereocenters. The molecular weight excluding hydrogens is 230 g/mol. The summed E-state index contributed by atoms with van der Waals surface area (Å²) in [4.78, 5) is 10.7. The summed E-state index contributed by atoms with van der Waals surface area (Å²) in [6.45, 7) is 0.203. The topological polar surface area (TPSA) is 67.9 Å². The summed E-state index contributed by atoms with van der Waals surface area (Å²) in [6.07, 6.45) is 4.20. The highest BCUT2D eigenvalue weighted by atomic mass is 16.5. The van der Waals surface area contributed by atoms with Crippen molar-refractivity contribution in [2.75, 3.05) is 7.11 Å². The Morgan fingerprint density at radius 1 is 1.56 bits per heavy atom. The zero-order valence-electron chi connectivity index (χ0n) is 9.83. The predicted molar refractivity (Wildman–Crippen MR) is 65.2 cm³/mol. The van der Waals surface area contributed by atoms with E-state index < -0.39 is 0 Å². The van der Waals surface area contributed by atoms with Crippen molar-refractivity contribution >= 4 is 6.29 Å². The number of benzene rings is 1. The summed E-state index contributed by atoms with van der Waals surface area (Å²) in [6, 6.07) is 7.21. The molecule has 2 aromatic rings. The third kappa shape index (κ3) is 2.23. The van der Waals surface area contributed by atoms with Crippen molar-refractivity contribution in [1.29, 1.82) is 5.26 Å². The Bertz CT molecular complexity index is 611. The first-order valence-corrected chi connectivity index (χ1v) is 5.31. The molecule has 1 aromatic heterocycles. The van der Waals surface area contributed by atoms with Gasteiger partial charge in [-0.2, -0.15) is 10.4 Å². The standard InChI is InChI=1S/C13H11N3O2/c1-18-13-6-10(9-17)2-3-12(13)11-7-15-16(8-11)5-4-14/h2-3,6-9H,5H2,1H3. The van der Waals surface area contributed by atoms with E-state index >= 15 is 0 Å². The number of carbonyl (C=O) groups excluding carboxylic acids is 1. The molecule has 5 nitrogen and oxygen atoms in total. The number of methoxy groups -OCH3 is 1. The molecule has 1 heterocycles. The summed E-state index contributed by atoms with van der Waals surface area (Å²) in [5.74, 6) is 0.608. The van der Waals surface area contributed by atoms with Gasteiger partial charge in [0.25, 0.3) is 0 Å². The molecule has 5 heteroatoms. The van der Waals surface area contributed by atoms with Gasteiger partial charge in [0, 0.05) is 22.9 Å². The van der Waals surface area contributed by atoms with E-state index in [9.17, 15) is 4.79 Å². The van der Waals surface area contributed by atoms with Gasteiger partial charge in [-0.3, -0.25) is 9.48 Å². The molecule has 0 unspecified atom stereocenters. The van der Waals surface area contributed by atoms with Crippen LogP contribution in [0, 0.1) is 11.3 Å². The zero-order valence-corrected chi connectivity index (χ0v) is 9.83. The maximum Gasteiger partial charge on any atom is 0.150 e. The van der Waals surface area contributed by atoms with Crippen LogP contribution in [0.4, 0.5) is 0 Å². The minimum absolute atomic E-state index is 0.203. The average molecular weight is 241 g/mol. The van der Waals surface area contributed by atoms with Gasteiger partial charge in [0.05, 0.1) is 19.4 Å². The van der Waals surface area contributed by atoms with Gasteiger partial charge in [-0.1, -0.05) is 6.07 Å². The molecule has 0 aliphatic heterocycles.